The molecule has 0 spiro atoms. The molecule has 0 radical (unpaired) electrons. The van der Waals surface area contributed by atoms with Crippen molar-refractivity contribution in [3.8, 4) is 5.75 Å². The first-order valence-corrected chi connectivity index (χ1v) is 7.91. The van der Waals surface area contributed by atoms with Gasteiger partial charge in [0.1, 0.15) is 11.6 Å². The lowest BCUT2D eigenvalue weighted by Crippen LogP contribution is -2.47. The topological polar surface area (TPSA) is 54.9 Å². The van der Waals surface area contributed by atoms with Crippen LogP contribution in [0.3, 0.4) is 0 Å². The fourth-order valence-corrected chi connectivity index (χ4v) is 3.25. The van der Waals surface area contributed by atoms with E-state index in [1.807, 2.05) is 0 Å². The second-order valence-electron chi connectivity index (χ2n) is 5.88. The lowest BCUT2D eigenvalue weighted by atomic mass is 9.96. The number of rotatable bonds is 5. The van der Waals surface area contributed by atoms with Gasteiger partial charge in [0.05, 0.1) is 18.2 Å². The molecule has 2 heterocycles. The van der Waals surface area contributed by atoms with Crippen molar-refractivity contribution in [1.82, 2.24) is 10.6 Å². The van der Waals surface area contributed by atoms with Crippen LogP contribution in [0.5, 0.6) is 5.75 Å². The standard InChI is InChI=1S/C16H20F3N3O2/c1-20-16(22-12-7-9-5-6-14(12)23-9)21-8-10-11(17)3-2-4-13(10)24-15(18)19/h2-4,9,12,14-15H,5-8H2,1H3,(H2,20,21,22). The highest BCUT2D eigenvalue weighted by Gasteiger charge is 2.41. The molecule has 0 amide bonds. The largest absolute Gasteiger partial charge is 0.434 e. The van der Waals surface area contributed by atoms with E-state index in [0.717, 1.165) is 19.3 Å². The van der Waals surface area contributed by atoms with Gasteiger partial charge >= 0.3 is 6.61 Å². The average molecular weight is 343 g/mol. The third-order valence-corrected chi connectivity index (χ3v) is 4.38. The van der Waals surface area contributed by atoms with Crippen molar-refractivity contribution in [2.24, 2.45) is 4.99 Å². The van der Waals surface area contributed by atoms with Crippen LogP contribution in [0.2, 0.25) is 0 Å². The highest BCUT2D eigenvalue weighted by molar-refractivity contribution is 5.80. The van der Waals surface area contributed by atoms with Gasteiger partial charge in [0.15, 0.2) is 5.96 Å². The second-order valence-corrected chi connectivity index (χ2v) is 5.88. The van der Waals surface area contributed by atoms with Gasteiger partial charge in [-0.3, -0.25) is 4.99 Å². The van der Waals surface area contributed by atoms with Crippen LogP contribution in [0.15, 0.2) is 23.2 Å². The van der Waals surface area contributed by atoms with E-state index < -0.39 is 12.4 Å². The van der Waals surface area contributed by atoms with Gasteiger partial charge in [-0.1, -0.05) is 6.07 Å². The summed E-state index contributed by atoms with van der Waals surface area (Å²) < 4.78 is 49.0. The van der Waals surface area contributed by atoms with E-state index in [0.29, 0.717) is 12.1 Å². The van der Waals surface area contributed by atoms with Crippen LogP contribution in [-0.4, -0.2) is 37.9 Å². The Balaban J connectivity index is 1.61. The maximum absolute atomic E-state index is 13.9. The number of aliphatic imine (C=N–C) groups is 1. The minimum absolute atomic E-state index is 0.0178. The molecule has 8 heteroatoms. The van der Waals surface area contributed by atoms with Crippen LogP contribution >= 0.6 is 0 Å². The van der Waals surface area contributed by atoms with Gasteiger partial charge < -0.3 is 20.1 Å². The first kappa shape index (κ1) is 16.9. The third-order valence-electron chi connectivity index (χ3n) is 4.38. The molecule has 24 heavy (non-hydrogen) atoms. The normalized spacial score (nSPS) is 26.0. The predicted molar refractivity (Wildman–Crippen MR) is 82.7 cm³/mol. The Hall–Kier alpha value is -1.96. The predicted octanol–water partition coefficient (Wildman–Crippen LogP) is 2.41. The first-order chi connectivity index (χ1) is 11.6. The van der Waals surface area contributed by atoms with Crippen molar-refractivity contribution in [2.75, 3.05) is 7.05 Å². The molecule has 132 valence electrons. The summed E-state index contributed by atoms with van der Waals surface area (Å²) >= 11 is 0. The Morgan fingerprint density at radius 1 is 1.42 bits per heavy atom. The Kier molecular flexibility index (Phi) is 5.13. The van der Waals surface area contributed by atoms with Crippen LogP contribution < -0.4 is 15.4 Å². The van der Waals surface area contributed by atoms with Gasteiger partial charge in [-0.05, 0) is 31.4 Å². The summed E-state index contributed by atoms with van der Waals surface area (Å²) in [5.74, 6) is -0.321. The molecule has 1 aromatic carbocycles. The molecule has 1 aromatic rings. The van der Waals surface area contributed by atoms with Crippen molar-refractivity contribution < 1.29 is 22.6 Å². The summed E-state index contributed by atoms with van der Waals surface area (Å²) in [5.41, 5.74) is 0.0324. The van der Waals surface area contributed by atoms with Gasteiger partial charge in [-0.2, -0.15) is 8.78 Å². The smallest absolute Gasteiger partial charge is 0.387 e. The second kappa shape index (κ2) is 7.29. The van der Waals surface area contributed by atoms with Crippen LogP contribution in [0.4, 0.5) is 13.2 Å². The van der Waals surface area contributed by atoms with E-state index in [2.05, 4.69) is 20.4 Å². The number of nitrogens with one attached hydrogen (secondary N) is 2. The van der Waals surface area contributed by atoms with Crippen LogP contribution in [0.25, 0.3) is 0 Å². The van der Waals surface area contributed by atoms with E-state index in [-0.39, 0.29) is 30.0 Å². The highest BCUT2D eigenvalue weighted by atomic mass is 19.3. The molecule has 0 aromatic heterocycles. The molecule has 2 aliphatic heterocycles. The molecule has 3 rings (SSSR count). The molecule has 3 atom stereocenters. The molecule has 2 saturated heterocycles. The zero-order valence-electron chi connectivity index (χ0n) is 13.3. The van der Waals surface area contributed by atoms with Gasteiger partial charge in [-0.15, -0.1) is 0 Å². The first-order valence-electron chi connectivity index (χ1n) is 7.91. The van der Waals surface area contributed by atoms with Gasteiger partial charge in [0.25, 0.3) is 0 Å². The highest BCUT2D eigenvalue weighted by Crippen LogP contribution is 2.34. The Morgan fingerprint density at radius 2 is 2.25 bits per heavy atom. The number of benzene rings is 1. The Labute approximate surface area is 138 Å². The van der Waals surface area contributed by atoms with Gasteiger partial charge in [0.2, 0.25) is 0 Å². The fourth-order valence-electron chi connectivity index (χ4n) is 3.25. The number of fused-ring (bicyclic) bond motifs is 2. The van der Waals surface area contributed by atoms with Crippen LogP contribution in [0, 0.1) is 5.82 Å². The summed E-state index contributed by atoms with van der Waals surface area (Å²) in [6, 6.07) is 4.00. The van der Waals surface area contributed by atoms with E-state index in [9.17, 15) is 13.2 Å². The zero-order chi connectivity index (χ0) is 17.1. The number of guanidine groups is 1. The molecule has 0 aliphatic carbocycles. The number of alkyl halides is 2. The minimum atomic E-state index is -3.01. The summed E-state index contributed by atoms with van der Waals surface area (Å²) in [6.07, 6.45) is 3.46. The average Bonchev–Trinajstić information content (AvgIpc) is 3.15. The number of hydrogen-bond acceptors (Lipinski definition) is 3. The molecule has 5 nitrogen and oxygen atoms in total. The van der Waals surface area contributed by atoms with Crippen LogP contribution in [0.1, 0.15) is 24.8 Å². The summed E-state index contributed by atoms with van der Waals surface area (Å²) in [6.45, 7) is -3.02. The molecular weight excluding hydrogens is 323 g/mol. The van der Waals surface area contributed by atoms with E-state index in [1.54, 1.807) is 7.05 Å². The summed E-state index contributed by atoms with van der Waals surface area (Å²) in [4.78, 5) is 4.10. The number of nitrogens with zero attached hydrogens (tertiary/aromatic N) is 1. The van der Waals surface area contributed by atoms with E-state index >= 15 is 0 Å². The maximum Gasteiger partial charge on any atom is 0.387 e. The molecule has 2 fully saturated rings. The summed E-state index contributed by atoms with van der Waals surface area (Å²) in [5, 5.41) is 6.19. The minimum Gasteiger partial charge on any atom is -0.434 e. The number of halogens is 3. The van der Waals surface area contributed by atoms with Crippen molar-refractivity contribution in [1.29, 1.82) is 0 Å². The van der Waals surface area contributed by atoms with Gasteiger partial charge in [-0.25, -0.2) is 4.39 Å². The zero-order valence-corrected chi connectivity index (χ0v) is 13.3. The number of ether oxygens (including phenoxy) is 2. The molecule has 2 N–H and O–H groups in total. The Bertz CT molecular complexity index is 612. The SMILES string of the molecule is CN=C(NCc1c(F)cccc1OC(F)F)NC1CC2CCC1O2. The quantitative estimate of drug-likeness (QED) is 0.637. The monoisotopic (exact) mass is 343 g/mol. The molecule has 2 aliphatic rings. The molecule has 0 saturated carbocycles. The van der Waals surface area contributed by atoms with Crippen LogP contribution in [-0.2, 0) is 11.3 Å². The van der Waals surface area contributed by atoms with Crippen molar-refractivity contribution in [3.05, 3.63) is 29.6 Å². The van der Waals surface area contributed by atoms with Crippen molar-refractivity contribution in [2.45, 2.75) is 50.7 Å². The molecule has 2 bridgehead atoms. The number of hydrogen-bond donors (Lipinski definition) is 2. The van der Waals surface area contributed by atoms with Gasteiger partial charge in [0, 0.05) is 19.2 Å². The lowest BCUT2D eigenvalue weighted by molar-refractivity contribution is -0.0506. The molecular formula is C16H20F3N3O2. The fraction of sp³-hybridized carbons (Fsp3) is 0.562. The summed E-state index contributed by atoms with van der Waals surface area (Å²) in [7, 11) is 1.60. The van der Waals surface area contributed by atoms with E-state index in [4.69, 9.17) is 4.74 Å². The maximum atomic E-state index is 13.9. The third kappa shape index (κ3) is 3.75. The van der Waals surface area contributed by atoms with E-state index in [1.165, 1.54) is 18.2 Å². The molecule has 3 unspecified atom stereocenters. The van der Waals surface area contributed by atoms with Crippen molar-refractivity contribution in [3.63, 3.8) is 0 Å². The Morgan fingerprint density at radius 3 is 2.88 bits per heavy atom. The lowest BCUT2D eigenvalue weighted by Gasteiger charge is -2.23. The van der Waals surface area contributed by atoms with Crippen molar-refractivity contribution >= 4 is 5.96 Å².